The first kappa shape index (κ1) is 16.8. The van der Waals surface area contributed by atoms with Gasteiger partial charge in [0.2, 0.25) is 0 Å². The van der Waals surface area contributed by atoms with Crippen LogP contribution in [-0.4, -0.2) is 28.0 Å². The van der Waals surface area contributed by atoms with E-state index in [0.717, 1.165) is 20.8 Å². The minimum Gasteiger partial charge on any atom is -0.355 e. The van der Waals surface area contributed by atoms with Gasteiger partial charge in [-0.3, -0.25) is 4.79 Å². The normalized spacial score (nSPS) is 11.0. The van der Waals surface area contributed by atoms with Crippen molar-refractivity contribution in [2.24, 2.45) is 0 Å². The predicted molar refractivity (Wildman–Crippen MR) is 102 cm³/mol. The Morgan fingerprint density at radius 1 is 1.19 bits per heavy atom. The molecule has 2 aromatic heterocycles. The number of hydrogen-bond acceptors (Lipinski definition) is 5. The molecule has 0 saturated heterocycles. The van der Waals surface area contributed by atoms with E-state index >= 15 is 0 Å². The molecule has 0 atom stereocenters. The molecule has 0 unspecified atom stereocenters. The quantitative estimate of drug-likeness (QED) is 0.504. The van der Waals surface area contributed by atoms with Gasteiger partial charge in [0, 0.05) is 23.7 Å². The Balaban J connectivity index is 1.51. The molecule has 0 bridgehead atoms. The zero-order chi connectivity index (χ0) is 18.1. The molecule has 0 fully saturated rings. The van der Waals surface area contributed by atoms with Crippen molar-refractivity contribution in [1.82, 2.24) is 15.0 Å². The number of carbonyl (C=O) groups is 1. The van der Waals surface area contributed by atoms with Crippen molar-refractivity contribution in [2.45, 2.75) is 6.54 Å². The lowest BCUT2D eigenvalue weighted by Gasteiger charge is -2.13. The maximum atomic E-state index is 12.6. The van der Waals surface area contributed by atoms with Crippen molar-refractivity contribution in [1.29, 1.82) is 0 Å². The van der Waals surface area contributed by atoms with Gasteiger partial charge >= 0.3 is 0 Å². The highest BCUT2D eigenvalue weighted by Gasteiger charge is 2.19. The number of para-hydroxylation sites is 1. The van der Waals surface area contributed by atoms with Crippen LogP contribution in [0.2, 0.25) is 5.02 Å². The molecule has 4 rings (SSSR count). The molecule has 0 spiro atoms. The number of thiazole rings is 1. The summed E-state index contributed by atoms with van der Waals surface area (Å²) in [6.07, 6.45) is 0. The van der Waals surface area contributed by atoms with Gasteiger partial charge in [0.05, 0.1) is 16.8 Å². The number of rotatable bonds is 4. The van der Waals surface area contributed by atoms with Crippen LogP contribution in [0.15, 0.2) is 59.1 Å². The minimum atomic E-state index is -0.221. The number of halogens is 1. The Hall–Kier alpha value is -2.70. The summed E-state index contributed by atoms with van der Waals surface area (Å²) in [7, 11) is 1.72. The fraction of sp³-hybridized carbons (Fsp3) is 0.105. The van der Waals surface area contributed by atoms with Crippen LogP contribution in [0.3, 0.4) is 0 Å². The largest absolute Gasteiger partial charge is 0.355 e. The molecule has 0 radical (unpaired) electrons. The summed E-state index contributed by atoms with van der Waals surface area (Å²) in [5, 5.41) is 5.37. The number of hydrogen-bond donors (Lipinski definition) is 0. The lowest BCUT2D eigenvalue weighted by Crippen LogP contribution is -2.26. The number of benzene rings is 2. The Bertz CT molecular complexity index is 1060. The topological polar surface area (TPSA) is 59.2 Å². The van der Waals surface area contributed by atoms with Crippen LogP contribution in [0.25, 0.3) is 21.5 Å². The Kier molecular flexibility index (Phi) is 4.44. The lowest BCUT2D eigenvalue weighted by atomic mass is 10.1. The molecule has 26 heavy (non-hydrogen) atoms. The molecule has 4 aromatic rings. The third-order valence-corrected chi connectivity index (χ3v) is 5.15. The number of fused-ring (bicyclic) bond motifs is 1. The van der Waals surface area contributed by atoms with E-state index in [1.807, 2.05) is 36.4 Å². The molecule has 5 nitrogen and oxygen atoms in total. The highest BCUT2D eigenvalue weighted by molar-refractivity contribution is 7.18. The predicted octanol–water partition coefficient (Wildman–Crippen LogP) is 4.88. The van der Waals surface area contributed by atoms with Crippen LogP contribution in [0, 0.1) is 0 Å². The Labute approximate surface area is 158 Å². The van der Waals surface area contributed by atoms with Gasteiger partial charge < -0.3 is 9.42 Å². The van der Waals surface area contributed by atoms with Crippen LogP contribution in [-0.2, 0) is 6.54 Å². The second-order valence-electron chi connectivity index (χ2n) is 5.82. The van der Waals surface area contributed by atoms with Gasteiger partial charge in [-0.05, 0) is 24.3 Å². The van der Waals surface area contributed by atoms with Gasteiger partial charge in [-0.15, -0.1) is 11.3 Å². The number of carbonyl (C=O) groups excluding carboxylic acids is 1. The number of amides is 1. The molecular weight excluding hydrogens is 370 g/mol. The van der Waals surface area contributed by atoms with E-state index in [9.17, 15) is 4.79 Å². The van der Waals surface area contributed by atoms with Crippen molar-refractivity contribution in [2.75, 3.05) is 7.05 Å². The average molecular weight is 384 g/mol. The van der Waals surface area contributed by atoms with E-state index in [4.69, 9.17) is 16.1 Å². The zero-order valence-electron chi connectivity index (χ0n) is 13.8. The number of aromatic nitrogens is 2. The first-order valence-corrected chi connectivity index (χ1v) is 9.12. The summed E-state index contributed by atoms with van der Waals surface area (Å²) in [5.41, 5.74) is 1.97. The van der Waals surface area contributed by atoms with E-state index in [1.165, 1.54) is 0 Å². The van der Waals surface area contributed by atoms with Gasteiger partial charge in [-0.25, -0.2) is 4.98 Å². The summed E-state index contributed by atoms with van der Waals surface area (Å²) >= 11 is 7.57. The maximum absolute atomic E-state index is 12.6. The molecule has 0 N–H and O–H groups in total. The summed E-state index contributed by atoms with van der Waals surface area (Å²) in [4.78, 5) is 18.8. The minimum absolute atomic E-state index is 0.221. The first-order valence-electron chi connectivity index (χ1n) is 7.93. The van der Waals surface area contributed by atoms with Crippen molar-refractivity contribution in [3.63, 3.8) is 0 Å². The highest BCUT2D eigenvalue weighted by Crippen LogP contribution is 2.25. The fourth-order valence-corrected chi connectivity index (χ4v) is 3.82. The number of nitrogens with zero attached hydrogens (tertiary/aromatic N) is 3. The van der Waals surface area contributed by atoms with Crippen LogP contribution in [0.1, 0.15) is 15.5 Å². The van der Waals surface area contributed by atoms with E-state index in [1.54, 1.807) is 41.5 Å². The Morgan fingerprint density at radius 3 is 2.85 bits per heavy atom. The zero-order valence-corrected chi connectivity index (χ0v) is 15.4. The van der Waals surface area contributed by atoms with Crippen LogP contribution in [0.5, 0.6) is 0 Å². The van der Waals surface area contributed by atoms with Crippen molar-refractivity contribution in [3.05, 3.63) is 70.3 Å². The molecule has 0 aliphatic carbocycles. The van der Waals surface area contributed by atoms with Crippen molar-refractivity contribution in [3.8, 4) is 11.3 Å². The molecule has 2 heterocycles. The molecule has 0 aliphatic heterocycles. The summed E-state index contributed by atoms with van der Waals surface area (Å²) in [6.45, 7) is 0.414. The van der Waals surface area contributed by atoms with Crippen molar-refractivity contribution >= 4 is 39.1 Å². The van der Waals surface area contributed by atoms with Crippen LogP contribution >= 0.6 is 22.9 Å². The van der Waals surface area contributed by atoms with E-state index < -0.39 is 0 Å². The van der Waals surface area contributed by atoms with Gasteiger partial charge in [0.1, 0.15) is 5.01 Å². The average Bonchev–Trinajstić information content (AvgIpc) is 3.27. The monoisotopic (exact) mass is 383 g/mol. The van der Waals surface area contributed by atoms with Crippen molar-refractivity contribution < 1.29 is 9.32 Å². The van der Waals surface area contributed by atoms with Crippen LogP contribution < -0.4 is 0 Å². The van der Waals surface area contributed by atoms with Gasteiger partial charge in [-0.1, -0.05) is 41.0 Å². The maximum Gasteiger partial charge on any atom is 0.276 e. The van der Waals surface area contributed by atoms with E-state index in [0.29, 0.717) is 17.3 Å². The second-order valence-corrected chi connectivity index (χ2v) is 7.37. The first-order chi connectivity index (χ1) is 12.6. The molecule has 7 heteroatoms. The van der Waals surface area contributed by atoms with Gasteiger partial charge in [-0.2, -0.15) is 0 Å². The molecule has 0 saturated carbocycles. The standard InChI is InChI=1S/C19H14ClN3O2S/c1-23(11-18-21-14-7-2-3-8-17(14)26-18)19(24)15-10-16(25-22-15)12-5-4-6-13(20)9-12/h2-10H,11H2,1H3. The molecule has 0 aliphatic rings. The Morgan fingerprint density at radius 2 is 2.04 bits per heavy atom. The third kappa shape index (κ3) is 3.34. The molecular formula is C19H14ClN3O2S. The van der Waals surface area contributed by atoms with Crippen LogP contribution in [0.4, 0.5) is 0 Å². The van der Waals surface area contributed by atoms with Gasteiger partial charge in [0.25, 0.3) is 5.91 Å². The molecule has 2 aromatic carbocycles. The molecule has 130 valence electrons. The third-order valence-electron chi connectivity index (χ3n) is 3.90. The SMILES string of the molecule is CN(Cc1nc2ccccc2s1)C(=O)c1cc(-c2cccc(Cl)c2)on1. The second kappa shape index (κ2) is 6.90. The summed E-state index contributed by atoms with van der Waals surface area (Å²) in [6, 6.07) is 16.8. The highest BCUT2D eigenvalue weighted by atomic mass is 35.5. The van der Waals surface area contributed by atoms with Gasteiger partial charge in [0.15, 0.2) is 11.5 Å². The smallest absolute Gasteiger partial charge is 0.276 e. The fourth-order valence-electron chi connectivity index (χ4n) is 2.61. The van der Waals surface area contributed by atoms with E-state index in [-0.39, 0.29) is 11.6 Å². The summed E-state index contributed by atoms with van der Waals surface area (Å²) < 4.78 is 6.41. The van der Waals surface area contributed by atoms with E-state index in [2.05, 4.69) is 10.1 Å². The summed E-state index contributed by atoms with van der Waals surface area (Å²) in [5.74, 6) is 0.283. The molecule has 1 amide bonds. The lowest BCUT2D eigenvalue weighted by molar-refractivity contribution is 0.0775.